The molecule has 5 heteroatoms. The molecule has 0 N–H and O–H groups in total. The van der Waals surface area contributed by atoms with E-state index in [1.807, 2.05) is 30.6 Å². The Morgan fingerprint density at radius 2 is 1.76 bits per heavy atom. The molecule has 0 atom stereocenters. The van der Waals surface area contributed by atoms with Crippen molar-refractivity contribution >= 4 is 32.7 Å². The first-order valence-corrected chi connectivity index (χ1v) is 9.05. The summed E-state index contributed by atoms with van der Waals surface area (Å²) in [5.41, 5.74) is 5.81. The number of hydrogen-bond donors (Lipinski definition) is 0. The number of aromatic nitrogens is 4. The Hall–Kier alpha value is -3.05. The maximum atomic E-state index is 4.68. The molecule has 4 aromatic heterocycles. The topological polar surface area (TPSA) is 34.6 Å². The van der Waals surface area contributed by atoms with Crippen LogP contribution in [0.1, 0.15) is 5.56 Å². The predicted molar refractivity (Wildman–Crippen MR) is 99.0 cm³/mol. The minimum atomic E-state index is 0.876. The molecule has 1 aliphatic rings. The van der Waals surface area contributed by atoms with E-state index < -0.39 is 0 Å². The second kappa shape index (κ2) is 4.74. The van der Waals surface area contributed by atoms with Crippen molar-refractivity contribution in [1.29, 1.82) is 0 Å². The van der Waals surface area contributed by atoms with Gasteiger partial charge in [0, 0.05) is 18.1 Å². The van der Waals surface area contributed by atoms with E-state index in [0.717, 1.165) is 23.6 Å². The molecule has 0 unspecified atom stereocenters. The summed E-state index contributed by atoms with van der Waals surface area (Å²) < 4.78 is 4.66. The number of thiazole rings is 1. The van der Waals surface area contributed by atoms with Crippen molar-refractivity contribution in [2.24, 2.45) is 0 Å². The summed E-state index contributed by atoms with van der Waals surface area (Å²) in [5.74, 6) is 0. The molecule has 4 nitrogen and oxygen atoms in total. The van der Waals surface area contributed by atoms with E-state index in [9.17, 15) is 0 Å². The fourth-order valence-electron chi connectivity index (χ4n) is 3.75. The summed E-state index contributed by atoms with van der Waals surface area (Å²) in [4.78, 5) is 10.5. The SMILES string of the molecule is c1ccc(-n2c3ncccc3c3c2sc2[n+]3Cc3cccnc3-2)cc1. The lowest BCUT2D eigenvalue weighted by molar-refractivity contribution is -0.641. The first kappa shape index (κ1) is 13.3. The normalized spacial score (nSPS) is 12.6. The number of pyridine rings is 2. The van der Waals surface area contributed by atoms with E-state index in [-0.39, 0.29) is 0 Å². The van der Waals surface area contributed by atoms with E-state index >= 15 is 0 Å². The van der Waals surface area contributed by atoms with Gasteiger partial charge in [-0.1, -0.05) is 18.2 Å². The first-order chi connectivity index (χ1) is 12.4. The van der Waals surface area contributed by atoms with Crippen LogP contribution in [0.5, 0.6) is 0 Å². The molecule has 0 fully saturated rings. The van der Waals surface area contributed by atoms with Crippen LogP contribution >= 0.6 is 11.3 Å². The molecule has 118 valence electrons. The molecule has 0 bridgehead atoms. The minimum Gasteiger partial charge on any atom is -0.280 e. The van der Waals surface area contributed by atoms with Crippen molar-refractivity contribution in [3.8, 4) is 16.4 Å². The van der Waals surface area contributed by atoms with Crippen molar-refractivity contribution in [2.45, 2.75) is 6.54 Å². The average Bonchev–Trinajstić information content (AvgIpc) is 3.29. The Bertz CT molecular complexity index is 1270. The zero-order valence-corrected chi connectivity index (χ0v) is 14.1. The molecule has 6 rings (SSSR count). The lowest BCUT2D eigenvalue weighted by atomic mass is 10.2. The van der Waals surface area contributed by atoms with Gasteiger partial charge in [0.25, 0.3) is 10.5 Å². The summed E-state index contributed by atoms with van der Waals surface area (Å²) in [5, 5.41) is 2.42. The second-order valence-corrected chi connectivity index (χ2v) is 7.18. The largest absolute Gasteiger partial charge is 0.291 e. The maximum absolute atomic E-state index is 4.68. The van der Waals surface area contributed by atoms with E-state index in [0.29, 0.717) is 0 Å². The Balaban J connectivity index is 1.78. The molecule has 5 heterocycles. The second-order valence-electron chi connectivity index (χ2n) is 6.20. The van der Waals surface area contributed by atoms with Gasteiger partial charge in [-0.05, 0) is 47.7 Å². The summed E-state index contributed by atoms with van der Waals surface area (Å²) >= 11 is 1.80. The number of para-hydroxylation sites is 1. The molecule has 0 amide bonds. The van der Waals surface area contributed by atoms with Crippen LogP contribution in [0.15, 0.2) is 67.0 Å². The molecule has 1 aromatic carbocycles. The summed E-state index contributed by atoms with van der Waals surface area (Å²) in [6.07, 6.45) is 3.75. The van der Waals surface area contributed by atoms with Crippen LogP contribution in [0.4, 0.5) is 0 Å². The Morgan fingerprint density at radius 1 is 0.920 bits per heavy atom. The number of hydrogen-bond acceptors (Lipinski definition) is 3. The van der Waals surface area contributed by atoms with Crippen molar-refractivity contribution in [3.63, 3.8) is 0 Å². The molecule has 0 aliphatic carbocycles. The molecule has 0 radical (unpaired) electrons. The number of fused-ring (bicyclic) bond motifs is 7. The van der Waals surface area contributed by atoms with Crippen LogP contribution in [0.3, 0.4) is 0 Å². The van der Waals surface area contributed by atoms with Gasteiger partial charge in [0.15, 0.2) is 22.7 Å². The van der Waals surface area contributed by atoms with Crippen molar-refractivity contribution in [2.75, 3.05) is 0 Å². The van der Waals surface area contributed by atoms with Gasteiger partial charge < -0.3 is 0 Å². The monoisotopic (exact) mass is 341 g/mol. The Morgan fingerprint density at radius 3 is 2.68 bits per heavy atom. The van der Waals surface area contributed by atoms with Gasteiger partial charge in [0.1, 0.15) is 0 Å². The zero-order chi connectivity index (χ0) is 16.4. The lowest BCUT2D eigenvalue weighted by Gasteiger charge is -2.03. The number of rotatable bonds is 1. The molecule has 5 aromatic rings. The number of nitrogens with zero attached hydrogens (tertiary/aromatic N) is 4. The minimum absolute atomic E-state index is 0.876. The zero-order valence-electron chi connectivity index (χ0n) is 13.3. The highest BCUT2D eigenvalue weighted by molar-refractivity contribution is 7.21. The highest BCUT2D eigenvalue weighted by Gasteiger charge is 2.36. The van der Waals surface area contributed by atoms with Crippen LogP contribution in [-0.2, 0) is 6.54 Å². The van der Waals surface area contributed by atoms with Crippen LogP contribution in [0, 0.1) is 0 Å². The molecule has 0 saturated heterocycles. The third kappa shape index (κ3) is 1.68. The fraction of sp³-hybridized carbons (Fsp3) is 0.0500. The average molecular weight is 341 g/mol. The summed E-state index contributed by atoms with van der Waals surface area (Å²) in [6.45, 7) is 0.876. The standard InChI is InChI=1S/C20H13N4S/c1-2-7-14(8-3-1)24-18-15(9-5-11-22-18)17-20(24)25-19-16-13(12-23(17)19)6-4-10-21-16/h1-11H,12H2/q+1. The van der Waals surface area contributed by atoms with E-state index in [2.05, 4.69) is 55.5 Å². The van der Waals surface area contributed by atoms with Crippen LogP contribution in [0.2, 0.25) is 0 Å². The summed E-state index contributed by atoms with van der Waals surface area (Å²) in [6, 6.07) is 18.8. The highest BCUT2D eigenvalue weighted by Crippen LogP contribution is 2.39. The predicted octanol–water partition coefficient (Wildman–Crippen LogP) is 3.95. The maximum Gasteiger partial charge on any atom is 0.291 e. The van der Waals surface area contributed by atoms with Gasteiger partial charge in [-0.15, -0.1) is 0 Å². The van der Waals surface area contributed by atoms with Gasteiger partial charge >= 0.3 is 0 Å². The molecular formula is C20H13N4S+. The molecule has 0 spiro atoms. The Kier molecular flexibility index (Phi) is 2.51. The van der Waals surface area contributed by atoms with Gasteiger partial charge in [-0.3, -0.25) is 4.57 Å². The van der Waals surface area contributed by atoms with Gasteiger partial charge in [-0.2, -0.15) is 4.57 Å². The van der Waals surface area contributed by atoms with Gasteiger partial charge in [0.05, 0.1) is 10.9 Å². The van der Waals surface area contributed by atoms with Crippen molar-refractivity contribution in [3.05, 3.63) is 72.6 Å². The van der Waals surface area contributed by atoms with Gasteiger partial charge in [0.2, 0.25) is 0 Å². The lowest BCUT2D eigenvalue weighted by Crippen LogP contribution is -2.30. The smallest absolute Gasteiger partial charge is 0.280 e. The third-order valence-electron chi connectivity index (χ3n) is 4.80. The molecular weight excluding hydrogens is 328 g/mol. The number of benzene rings is 1. The summed E-state index contributed by atoms with van der Waals surface area (Å²) in [7, 11) is 0. The quantitative estimate of drug-likeness (QED) is 0.424. The van der Waals surface area contributed by atoms with Crippen LogP contribution in [0.25, 0.3) is 37.8 Å². The highest BCUT2D eigenvalue weighted by atomic mass is 32.1. The van der Waals surface area contributed by atoms with E-state index in [1.165, 1.54) is 26.3 Å². The fourth-order valence-corrected chi connectivity index (χ4v) is 5.08. The molecule has 25 heavy (non-hydrogen) atoms. The van der Waals surface area contributed by atoms with Crippen LogP contribution in [-0.4, -0.2) is 14.5 Å². The third-order valence-corrected chi connectivity index (χ3v) is 5.98. The van der Waals surface area contributed by atoms with Crippen molar-refractivity contribution < 1.29 is 4.57 Å². The first-order valence-electron chi connectivity index (χ1n) is 8.23. The molecule has 0 saturated carbocycles. The van der Waals surface area contributed by atoms with Crippen LogP contribution < -0.4 is 4.57 Å². The van der Waals surface area contributed by atoms with E-state index in [4.69, 9.17) is 0 Å². The molecule has 1 aliphatic heterocycles. The Labute approximate surface area is 147 Å². The van der Waals surface area contributed by atoms with Gasteiger partial charge in [-0.25, -0.2) is 9.97 Å². The van der Waals surface area contributed by atoms with E-state index in [1.54, 1.807) is 11.3 Å². The van der Waals surface area contributed by atoms with Crippen molar-refractivity contribution in [1.82, 2.24) is 14.5 Å².